The van der Waals surface area contributed by atoms with Gasteiger partial charge in [-0.25, -0.2) is 0 Å². The van der Waals surface area contributed by atoms with Gasteiger partial charge in [-0.1, -0.05) is 6.07 Å². The Morgan fingerprint density at radius 1 is 0.938 bits per heavy atom. The van der Waals surface area contributed by atoms with E-state index in [-0.39, 0.29) is 23.2 Å². The Bertz CT molecular complexity index is 949. The molecule has 1 saturated carbocycles. The lowest BCUT2D eigenvalue weighted by Gasteiger charge is -2.29. The maximum Gasteiger partial charge on any atom is 0.418 e. The molecule has 1 aliphatic rings. The predicted molar refractivity (Wildman–Crippen MR) is 109 cm³/mol. The monoisotopic (exact) mass is 459 g/mol. The molecule has 0 spiro atoms. The molecule has 0 atom stereocenters. The van der Waals surface area contributed by atoms with Crippen LogP contribution in [0.3, 0.4) is 0 Å². The van der Waals surface area contributed by atoms with Gasteiger partial charge in [0, 0.05) is 29.5 Å². The molecule has 0 unspecified atom stereocenters. The van der Waals surface area contributed by atoms with E-state index < -0.39 is 29.4 Å². The number of nitrogens with two attached hydrogens (primary N) is 1. The number of nitrogens with one attached hydrogen (secondary N) is 2. The molecule has 4 nitrogen and oxygen atoms in total. The molecule has 1 fully saturated rings. The zero-order chi connectivity index (χ0) is 23.5. The van der Waals surface area contributed by atoms with E-state index in [1.807, 2.05) is 0 Å². The van der Waals surface area contributed by atoms with Crippen LogP contribution in [0.1, 0.15) is 47.2 Å². The quantitative estimate of drug-likeness (QED) is 0.397. The van der Waals surface area contributed by atoms with Crippen LogP contribution in [0.15, 0.2) is 42.5 Å². The molecular formula is C22H23F6N3O. The van der Waals surface area contributed by atoms with Crippen molar-refractivity contribution in [2.45, 2.75) is 44.1 Å². The predicted octanol–water partition coefficient (Wildman–Crippen LogP) is 5.71. The lowest BCUT2D eigenvalue weighted by Crippen LogP contribution is -2.38. The van der Waals surface area contributed by atoms with Gasteiger partial charge in [-0.05, 0) is 68.0 Å². The first kappa shape index (κ1) is 23.7. The van der Waals surface area contributed by atoms with E-state index in [0.29, 0.717) is 25.1 Å². The first-order chi connectivity index (χ1) is 14.9. The van der Waals surface area contributed by atoms with Crippen molar-refractivity contribution >= 4 is 17.3 Å². The van der Waals surface area contributed by atoms with Crippen molar-refractivity contribution in [1.82, 2.24) is 5.32 Å². The van der Waals surface area contributed by atoms with Gasteiger partial charge in [0.2, 0.25) is 0 Å². The second-order valence-corrected chi connectivity index (χ2v) is 7.95. The summed E-state index contributed by atoms with van der Waals surface area (Å²) >= 11 is 0. The number of carbonyl (C=O) groups excluding carboxylic acids is 1. The third-order valence-corrected chi connectivity index (χ3v) is 5.59. The molecule has 3 rings (SSSR count). The van der Waals surface area contributed by atoms with Crippen molar-refractivity contribution < 1.29 is 31.1 Å². The summed E-state index contributed by atoms with van der Waals surface area (Å²) in [4.78, 5) is 12.3. The smallest absolute Gasteiger partial charge is 0.398 e. The van der Waals surface area contributed by atoms with Gasteiger partial charge in [0.15, 0.2) is 0 Å². The van der Waals surface area contributed by atoms with Crippen LogP contribution in [0.5, 0.6) is 0 Å². The summed E-state index contributed by atoms with van der Waals surface area (Å²) in [6.07, 6.45) is -6.34. The zero-order valence-corrected chi connectivity index (χ0v) is 17.0. The Hall–Kier alpha value is -2.91. The number of hydrogen-bond acceptors (Lipinski definition) is 3. The Morgan fingerprint density at radius 2 is 1.62 bits per heavy atom. The summed E-state index contributed by atoms with van der Waals surface area (Å²) in [6.45, 7) is 0.468. The summed E-state index contributed by atoms with van der Waals surface area (Å²) in [5.74, 6) is -0.358. The van der Waals surface area contributed by atoms with Gasteiger partial charge in [-0.3, -0.25) is 4.79 Å². The highest BCUT2D eigenvalue weighted by atomic mass is 19.4. The summed E-state index contributed by atoms with van der Waals surface area (Å²) in [7, 11) is 0. The van der Waals surface area contributed by atoms with Gasteiger partial charge < -0.3 is 16.4 Å². The number of benzene rings is 2. The van der Waals surface area contributed by atoms with Gasteiger partial charge in [-0.15, -0.1) is 0 Å². The van der Waals surface area contributed by atoms with Crippen LogP contribution < -0.4 is 16.4 Å². The highest BCUT2D eigenvalue weighted by Crippen LogP contribution is 2.35. The molecule has 0 aliphatic heterocycles. The highest BCUT2D eigenvalue weighted by Gasteiger charge is 2.33. The Morgan fingerprint density at radius 3 is 2.25 bits per heavy atom. The first-order valence-corrected chi connectivity index (χ1v) is 10.1. The van der Waals surface area contributed by atoms with Crippen LogP contribution in [-0.2, 0) is 12.4 Å². The van der Waals surface area contributed by atoms with Crippen LogP contribution in [0.2, 0.25) is 0 Å². The second-order valence-electron chi connectivity index (χ2n) is 7.95. The van der Waals surface area contributed by atoms with Crippen LogP contribution in [0, 0.1) is 5.92 Å². The van der Waals surface area contributed by atoms with Gasteiger partial charge in [0.25, 0.3) is 5.91 Å². The van der Waals surface area contributed by atoms with Crippen molar-refractivity contribution in [2.24, 2.45) is 5.92 Å². The van der Waals surface area contributed by atoms with Crippen molar-refractivity contribution in [3.05, 3.63) is 59.2 Å². The maximum atomic E-state index is 13.0. The normalized spacial score (nSPS) is 19.4. The molecule has 0 bridgehead atoms. The number of nitrogen functional groups attached to an aromatic ring is 1. The number of rotatable bonds is 5. The standard InChI is InChI=1S/C22H23F6N3O/c23-21(24,25)15-3-1-2-14(10-15)20(32)31-16-6-4-13(5-7-16)12-30-17-8-9-19(29)18(11-17)22(26,27)28/h1-3,8-11,13,16,30H,4-7,12,29H2,(H,31,32). The molecule has 32 heavy (non-hydrogen) atoms. The number of alkyl halides is 6. The van der Waals surface area contributed by atoms with Gasteiger partial charge in [-0.2, -0.15) is 26.3 Å². The molecule has 1 amide bonds. The molecule has 0 heterocycles. The van der Waals surface area contributed by atoms with E-state index in [2.05, 4.69) is 10.6 Å². The molecule has 0 saturated heterocycles. The molecule has 4 N–H and O–H groups in total. The summed E-state index contributed by atoms with van der Waals surface area (Å²) in [5.41, 5.74) is 3.58. The summed E-state index contributed by atoms with van der Waals surface area (Å²) in [5, 5.41) is 5.78. The molecule has 1 aliphatic carbocycles. The maximum absolute atomic E-state index is 13.0. The number of anilines is 2. The molecule has 0 aromatic heterocycles. The fourth-order valence-electron chi connectivity index (χ4n) is 3.79. The van der Waals surface area contributed by atoms with Gasteiger partial charge in [0.1, 0.15) is 0 Å². The largest absolute Gasteiger partial charge is 0.418 e. The minimum absolute atomic E-state index is 0.0487. The lowest BCUT2D eigenvalue weighted by atomic mass is 9.85. The topological polar surface area (TPSA) is 67.2 Å². The molecular weight excluding hydrogens is 436 g/mol. The molecule has 0 radical (unpaired) electrons. The second kappa shape index (κ2) is 9.30. The van der Waals surface area contributed by atoms with Gasteiger partial charge in [0.05, 0.1) is 11.1 Å². The summed E-state index contributed by atoms with van der Waals surface area (Å²) in [6, 6.07) is 7.79. The van der Waals surface area contributed by atoms with Crippen LogP contribution in [0.25, 0.3) is 0 Å². The van der Waals surface area contributed by atoms with E-state index in [4.69, 9.17) is 5.73 Å². The molecule has 10 heteroatoms. The fourth-order valence-corrected chi connectivity index (χ4v) is 3.79. The van der Waals surface area contributed by atoms with Crippen molar-refractivity contribution in [3.8, 4) is 0 Å². The van der Waals surface area contributed by atoms with E-state index in [1.165, 1.54) is 24.3 Å². The van der Waals surface area contributed by atoms with E-state index in [1.54, 1.807) is 0 Å². The SMILES string of the molecule is Nc1ccc(NCC2CCC(NC(=O)c3cccc(C(F)(F)F)c3)CC2)cc1C(F)(F)F. The number of halogens is 6. The van der Waals surface area contributed by atoms with Crippen molar-refractivity contribution in [2.75, 3.05) is 17.6 Å². The first-order valence-electron chi connectivity index (χ1n) is 10.1. The van der Waals surface area contributed by atoms with Crippen LogP contribution in [0.4, 0.5) is 37.7 Å². The number of hydrogen-bond donors (Lipinski definition) is 3. The van der Waals surface area contributed by atoms with E-state index in [0.717, 1.165) is 31.0 Å². The number of carbonyl (C=O) groups is 1. The van der Waals surface area contributed by atoms with E-state index in [9.17, 15) is 31.1 Å². The minimum Gasteiger partial charge on any atom is -0.398 e. The van der Waals surface area contributed by atoms with Crippen LogP contribution >= 0.6 is 0 Å². The Balaban J connectivity index is 1.49. The third kappa shape index (κ3) is 6.08. The number of amides is 1. The molecule has 2 aromatic rings. The highest BCUT2D eigenvalue weighted by molar-refractivity contribution is 5.94. The average molecular weight is 459 g/mol. The Kier molecular flexibility index (Phi) is 6.90. The molecule has 174 valence electrons. The summed E-state index contributed by atoms with van der Waals surface area (Å²) < 4.78 is 77.4. The minimum atomic E-state index is -4.53. The van der Waals surface area contributed by atoms with Crippen molar-refractivity contribution in [1.29, 1.82) is 0 Å². The zero-order valence-electron chi connectivity index (χ0n) is 17.0. The van der Waals surface area contributed by atoms with Gasteiger partial charge >= 0.3 is 12.4 Å². The lowest BCUT2D eigenvalue weighted by molar-refractivity contribution is -0.138. The molecule has 2 aromatic carbocycles. The fraction of sp³-hybridized carbons (Fsp3) is 0.409. The van der Waals surface area contributed by atoms with E-state index >= 15 is 0 Å². The van der Waals surface area contributed by atoms with Crippen molar-refractivity contribution in [3.63, 3.8) is 0 Å². The van der Waals surface area contributed by atoms with Crippen LogP contribution in [-0.4, -0.2) is 18.5 Å². The Labute approximate surface area is 181 Å². The average Bonchev–Trinajstić information content (AvgIpc) is 2.73. The third-order valence-electron chi connectivity index (χ3n) is 5.59.